The summed E-state index contributed by atoms with van der Waals surface area (Å²) in [6.45, 7) is 17.7. The zero-order chi connectivity index (χ0) is 23.2. The number of aliphatic hydroxyl groups is 1. The van der Waals surface area contributed by atoms with Gasteiger partial charge in [0, 0.05) is 24.3 Å². The van der Waals surface area contributed by atoms with E-state index in [4.69, 9.17) is 5.26 Å². The van der Waals surface area contributed by atoms with Crippen molar-refractivity contribution >= 4 is 17.0 Å². The number of piperidine rings is 1. The predicted molar refractivity (Wildman–Crippen MR) is 135 cm³/mol. The second kappa shape index (κ2) is 14.1. The molecule has 0 bridgehead atoms. The Bertz CT molecular complexity index is 869. The molecule has 0 aliphatic carbocycles. The molecule has 3 heteroatoms. The summed E-state index contributed by atoms with van der Waals surface area (Å²) in [5.41, 5.74) is 6.03. The second-order valence-corrected chi connectivity index (χ2v) is 7.47. The van der Waals surface area contributed by atoms with Crippen LogP contribution in [0.1, 0.15) is 68.7 Å². The van der Waals surface area contributed by atoms with Crippen molar-refractivity contribution in [2.45, 2.75) is 59.8 Å². The number of anilines is 1. The van der Waals surface area contributed by atoms with Crippen LogP contribution in [0, 0.1) is 18.3 Å². The molecule has 1 aliphatic rings. The van der Waals surface area contributed by atoms with Gasteiger partial charge in [0.25, 0.3) is 0 Å². The van der Waals surface area contributed by atoms with Gasteiger partial charge in [0.1, 0.15) is 5.76 Å². The molecule has 0 unspecified atom stereocenters. The van der Waals surface area contributed by atoms with Crippen molar-refractivity contribution < 1.29 is 5.11 Å². The molecule has 0 atom stereocenters. The molecule has 31 heavy (non-hydrogen) atoms. The molecule has 0 aromatic heterocycles. The van der Waals surface area contributed by atoms with Gasteiger partial charge in [0.2, 0.25) is 0 Å². The van der Waals surface area contributed by atoms with E-state index in [9.17, 15) is 5.11 Å². The van der Waals surface area contributed by atoms with Gasteiger partial charge in [-0.15, -0.1) is 0 Å². The Balaban J connectivity index is 0.000000293. The Morgan fingerprint density at radius 2 is 1.65 bits per heavy atom. The minimum absolute atomic E-state index is 0.162. The van der Waals surface area contributed by atoms with Crippen LogP contribution in [0.2, 0.25) is 0 Å². The molecule has 3 rings (SSSR count). The van der Waals surface area contributed by atoms with Gasteiger partial charge in [-0.2, -0.15) is 5.26 Å². The van der Waals surface area contributed by atoms with Crippen LogP contribution in [0.15, 0.2) is 55.6 Å². The summed E-state index contributed by atoms with van der Waals surface area (Å²) in [7, 11) is 0. The first kappa shape index (κ1) is 26.0. The van der Waals surface area contributed by atoms with Gasteiger partial charge < -0.3 is 10.0 Å². The van der Waals surface area contributed by atoms with Crippen LogP contribution in [0.5, 0.6) is 0 Å². The van der Waals surface area contributed by atoms with E-state index >= 15 is 0 Å². The van der Waals surface area contributed by atoms with Gasteiger partial charge in [-0.05, 0) is 61.4 Å². The van der Waals surface area contributed by atoms with Crippen LogP contribution in [0.4, 0.5) is 5.69 Å². The third-order valence-electron chi connectivity index (χ3n) is 5.35. The highest BCUT2D eigenvalue weighted by molar-refractivity contribution is 5.75. The fourth-order valence-corrected chi connectivity index (χ4v) is 3.63. The van der Waals surface area contributed by atoms with Crippen molar-refractivity contribution in [3.8, 4) is 6.07 Å². The molecule has 2 aromatic rings. The molecule has 1 saturated heterocycles. The standard InChI is InChI=1S/C14H16N2.C12H16O.C2H6/c1-12(11-15)13-5-7-14(8-6-13)16-9-3-2-4-10-16;1-4-6-11-7-5-8-12(9(11)2)10(3)13;1-2/h5-8H,1-4,9-10H2;5,7-8,13H,3-4,6H2,1-2H3;1-2H3. The molecule has 3 nitrogen and oxygen atoms in total. The van der Waals surface area contributed by atoms with Crippen molar-refractivity contribution in [3.05, 3.63) is 77.9 Å². The first-order valence-electron chi connectivity index (χ1n) is 11.4. The van der Waals surface area contributed by atoms with Crippen LogP contribution in [-0.2, 0) is 6.42 Å². The van der Waals surface area contributed by atoms with Gasteiger partial charge in [-0.25, -0.2) is 0 Å². The molecule has 1 N–H and O–H groups in total. The summed E-state index contributed by atoms with van der Waals surface area (Å²) in [5.74, 6) is 0.162. The Morgan fingerprint density at radius 1 is 1.03 bits per heavy atom. The van der Waals surface area contributed by atoms with Crippen molar-refractivity contribution in [2.75, 3.05) is 18.0 Å². The molecular weight excluding hydrogens is 380 g/mol. The smallest absolute Gasteiger partial charge is 0.115 e. The van der Waals surface area contributed by atoms with Crippen molar-refractivity contribution in [2.24, 2.45) is 0 Å². The topological polar surface area (TPSA) is 47.3 Å². The highest BCUT2D eigenvalue weighted by atomic mass is 16.3. The Hall–Kier alpha value is -2.99. The first-order valence-corrected chi connectivity index (χ1v) is 11.4. The fourth-order valence-electron chi connectivity index (χ4n) is 3.63. The average molecular weight is 419 g/mol. The highest BCUT2D eigenvalue weighted by Crippen LogP contribution is 2.22. The molecule has 0 amide bonds. The molecule has 0 saturated carbocycles. The van der Waals surface area contributed by atoms with Crippen molar-refractivity contribution in [1.29, 1.82) is 5.26 Å². The molecule has 0 spiro atoms. The number of benzene rings is 2. The fraction of sp³-hybridized carbons (Fsp3) is 0.393. The van der Waals surface area contributed by atoms with E-state index in [1.165, 1.54) is 30.5 Å². The largest absolute Gasteiger partial charge is 0.508 e. The van der Waals surface area contributed by atoms with Gasteiger partial charge in [-0.3, -0.25) is 0 Å². The van der Waals surface area contributed by atoms with Gasteiger partial charge >= 0.3 is 0 Å². The van der Waals surface area contributed by atoms with Gasteiger partial charge in [0.15, 0.2) is 0 Å². The SMILES string of the molecule is C=C(C#N)c1ccc(N2CCCCC2)cc1.C=C(O)c1cccc(CCC)c1C.CC. The second-order valence-electron chi connectivity index (χ2n) is 7.47. The molecule has 1 heterocycles. The van der Waals surface area contributed by atoms with E-state index < -0.39 is 0 Å². The summed E-state index contributed by atoms with van der Waals surface area (Å²) >= 11 is 0. The maximum atomic E-state index is 9.30. The van der Waals surface area contributed by atoms with E-state index in [-0.39, 0.29) is 5.76 Å². The summed E-state index contributed by atoms with van der Waals surface area (Å²) in [5, 5.41) is 18.0. The number of nitrogens with zero attached hydrogens (tertiary/aromatic N) is 2. The summed E-state index contributed by atoms with van der Waals surface area (Å²) < 4.78 is 0. The van der Waals surface area contributed by atoms with E-state index in [1.54, 1.807) is 0 Å². The maximum Gasteiger partial charge on any atom is 0.115 e. The van der Waals surface area contributed by atoms with Gasteiger partial charge in [-0.1, -0.05) is 70.7 Å². The molecule has 1 fully saturated rings. The Morgan fingerprint density at radius 3 is 2.16 bits per heavy atom. The van der Waals surface area contributed by atoms with Crippen LogP contribution in [-0.4, -0.2) is 18.2 Å². The number of aryl methyl sites for hydroxylation is 1. The monoisotopic (exact) mass is 418 g/mol. The van der Waals surface area contributed by atoms with Crippen LogP contribution in [0.25, 0.3) is 11.3 Å². The minimum atomic E-state index is 0.162. The van der Waals surface area contributed by atoms with Crippen molar-refractivity contribution in [1.82, 2.24) is 0 Å². The maximum absolute atomic E-state index is 9.30. The van der Waals surface area contributed by atoms with Crippen molar-refractivity contribution in [3.63, 3.8) is 0 Å². The van der Waals surface area contributed by atoms with E-state index in [2.05, 4.69) is 49.2 Å². The molecule has 166 valence electrons. The predicted octanol–water partition coefficient (Wildman–Crippen LogP) is 7.72. The first-order chi connectivity index (χ1) is 15.0. The summed E-state index contributed by atoms with van der Waals surface area (Å²) in [4.78, 5) is 2.41. The number of allylic oxidation sites excluding steroid dienone is 1. The highest BCUT2D eigenvalue weighted by Gasteiger charge is 2.10. The van der Waals surface area contributed by atoms with Crippen LogP contribution >= 0.6 is 0 Å². The molecule has 1 aliphatic heterocycles. The molecule has 2 aromatic carbocycles. The lowest BCUT2D eigenvalue weighted by Gasteiger charge is -2.28. The number of aliphatic hydroxyl groups excluding tert-OH is 1. The zero-order valence-corrected chi connectivity index (χ0v) is 19.7. The summed E-state index contributed by atoms with van der Waals surface area (Å²) in [6.07, 6.45) is 6.11. The number of rotatable bonds is 5. The zero-order valence-electron chi connectivity index (χ0n) is 19.7. The van der Waals surface area contributed by atoms with Gasteiger partial charge in [0.05, 0.1) is 11.6 Å². The molecular formula is C28H38N2O. The average Bonchev–Trinajstić information content (AvgIpc) is 2.82. The lowest BCUT2D eigenvalue weighted by molar-refractivity contribution is 0.513. The van der Waals surface area contributed by atoms with E-state index in [0.717, 1.165) is 42.6 Å². The minimum Gasteiger partial charge on any atom is -0.508 e. The van der Waals surface area contributed by atoms with Crippen LogP contribution < -0.4 is 4.90 Å². The summed E-state index contributed by atoms with van der Waals surface area (Å²) in [6, 6.07) is 16.2. The number of hydrogen-bond donors (Lipinski definition) is 1. The Labute approximate surface area is 189 Å². The normalized spacial score (nSPS) is 12.4. The number of hydrogen-bond acceptors (Lipinski definition) is 3. The third kappa shape index (κ3) is 7.98. The van der Waals surface area contributed by atoms with E-state index in [0.29, 0.717) is 5.57 Å². The quantitative estimate of drug-likeness (QED) is 0.399. The number of nitriles is 1. The Kier molecular flexibility index (Phi) is 11.8. The third-order valence-corrected chi connectivity index (χ3v) is 5.35. The van der Waals surface area contributed by atoms with Crippen LogP contribution in [0.3, 0.4) is 0 Å². The van der Waals surface area contributed by atoms with E-state index in [1.807, 2.05) is 45.0 Å². The lowest BCUT2D eigenvalue weighted by atomic mass is 9.98. The molecule has 0 radical (unpaired) electrons. The lowest BCUT2D eigenvalue weighted by Crippen LogP contribution is -2.29.